The number of carbonyl (C=O) groups excluding carboxylic acids is 1. The Bertz CT molecular complexity index is 219. The number of rotatable bonds is 8. The van der Waals surface area contributed by atoms with E-state index in [0.717, 1.165) is 19.4 Å². The number of nitrogens with two attached hydrogens (primary N) is 1. The third kappa shape index (κ3) is 10.1. The minimum atomic E-state index is -4.78. The highest BCUT2D eigenvalue weighted by Gasteiger charge is 2.38. The molecular weight excluding hydrogens is 235 g/mol. The molecule has 0 radical (unpaired) electrons. The zero-order chi connectivity index (χ0) is 13.3. The van der Waals surface area contributed by atoms with Crippen molar-refractivity contribution in [3.8, 4) is 0 Å². The molecule has 4 N–H and O–H groups in total. The van der Waals surface area contributed by atoms with Gasteiger partial charge in [-0.25, -0.2) is 0 Å². The van der Waals surface area contributed by atoms with E-state index < -0.39 is 12.1 Å². The Morgan fingerprint density at radius 2 is 1.82 bits per heavy atom. The zero-order valence-electron chi connectivity index (χ0n) is 9.94. The topological polar surface area (TPSA) is 67.2 Å². The molecule has 0 aromatic heterocycles. The summed E-state index contributed by atoms with van der Waals surface area (Å²) in [4.78, 5) is 10.4. The summed E-state index contributed by atoms with van der Waals surface area (Å²) in [5.41, 5.74) is 5.53. The fraction of sp³-hybridized carbons (Fsp3) is 0.900. The third-order valence-electron chi connectivity index (χ3n) is 2.10. The molecule has 0 saturated heterocycles. The molecule has 1 amide bonds. The van der Waals surface area contributed by atoms with Gasteiger partial charge in [0.15, 0.2) is 0 Å². The lowest BCUT2D eigenvalue weighted by Gasteiger charge is -2.08. The van der Waals surface area contributed by atoms with E-state index in [1.54, 1.807) is 0 Å². The average molecular weight is 255 g/mol. The van der Waals surface area contributed by atoms with Crippen LogP contribution in [0.3, 0.4) is 0 Å². The van der Waals surface area contributed by atoms with Crippen LogP contribution in [0.15, 0.2) is 0 Å². The average Bonchev–Trinajstić information content (AvgIpc) is 2.19. The van der Waals surface area contributed by atoms with Gasteiger partial charge in [-0.3, -0.25) is 4.79 Å². The van der Waals surface area contributed by atoms with Gasteiger partial charge in [0.1, 0.15) is 0 Å². The van der Waals surface area contributed by atoms with E-state index in [-0.39, 0.29) is 12.6 Å². The first kappa shape index (κ1) is 16.2. The molecule has 4 nitrogen and oxygen atoms in total. The minimum Gasteiger partial charge on any atom is -0.348 e. The summed E-state index contributed by atoms with van der Waals surface area (Å²) in [5.74, 6) is -1.87. The second-order valence-corrected chi connectivity index (χ2v) is 3.98. The van der Waals surface area contributed by atoms with Crippen molar-refractivity contribution in [1.82, 2.24) is 10.6 Å². The van der Waals surface area contributed by atoms with Crippen LogP contribution >= 0.6 is 0 Å². The summed E-state index contributed by atoms with van der Waals surface area (Å²) in [7, 11) is 0. The Hall–Kier alpha value is -0.820. The van der Waals surface area contributed by atoms with Crippen LogP contribution in [0.1, 0.15) is 26.2 Å². The van der Waals surface area contributed by atoms with Crippen LogP contribution < -0.4 is 16.4 Å². The standard InChI is InChI=1S/C10H20F3N3O/c1-8(14)4-7-15-5-2-3-6-16-9(17)10(11,12)13/h8,15H,2-7,14H2,1H3,(H,16,17). The first-order chi connectivity index (χ1) is 7.84. The molecule has 7 heteroatoms. The molecule has 0 bridgehead atoms. The molecule has 0 aromatic carbocycles. The van der Waals surface area contributed by atoms with Crippen LogP contribution in [0, 0.1) is 0 Å². The summed E-state index contributed by atoms with van der Waals surface area (Å²) >= 11 is 0. The quantitative estimate of drug-likeness (QED) is 0.561. The highest BCUT2D eigenvalue weighted by Crippen LogP contribution is 2.13. The van der Waals surface area contributed by atoms with E-state index in [9.17, 15) is 18.0 Å². The van der Waals surface area contributed by atoms with Crippen molar-refractivity contribution >= 4 is 5.91 Å². The Kier molecular flexibility index (Phi) is 7.90. The summed E-state index contributed by atoms with van der Waals surface area (Å²) in [6.45, 7) is 3.48. The molecule has 1 unspecified atom stereocenters. The lowest BCUT2D eigenvalue weighted by molar-refractivity contribution is -0.173. The van der Waals surface area contributed by atoms with Gasteiger partial charge < -0.3 is 16.4 Å². The van der Waals surface area contributed by atoms with Gasteiger partial charge in [-0.2, -0.15) is 13.2 Å². The van der Waals surface area contributed by atoms with Crippen molar-refractivity contribution in [2.24, 2.45) is 5.73 Å². The van der Waals surface area contributed by atoms with Gasteiger partial charge in [-0.05, 0) is 39.3 Å². The molecule has 102 valence electrons. The smallest absolute Gasteiger partial charge is 0.348 e. The van der Waals surface area contributed by atoms with Crippen molar-refractivity contribution in [3.63, 3.8) is 0 Å². The third-order valence-corrected chi connectivity index (χ3v) is 2.10. The molecule has 0 aliphatic rings. The van der Waals surface area contributed by atoms with Crippen LogP contribution in [0.2, 0.25) is 0 Å². The lowest BCUT2D eigenvalue weighted by Crippen LogP contribution is -2.37. The fourth-order valence-electron chi connectivity index (χ4n) is 1.13. The van der Waals surface area contributed by atoms with Gasteiger partial charge in [-0.1, -0.05) is 0 Å². The maximum atomic E-state index is 11.8. The minimum absolute atomic E-state index is 0.0489. The van der Waals surface area contributed by atoms with Gasteiger partial charge in [0.05, 0.1) is 0 Å². The van der Waals surface area contributed by atoms with E-state index in [2.05, 4.69) is 5.32 Å². The zero-order valence-corrected chi connectivity index (χ0v) is 9.94. The second kappa shape index (κ2) is 8.30. The number of alkyl halides is 3. The number of hydrogen-bond acceptors (Lipinski definition) is 3. The first-order valence-electron chi connectivity index (χ1n) is 5.65. The van der Waals surface area contributed by atoms with Crippen LogP contribution in [0.25, 0.3) is 0 Å². The maximum absolute atomic E-state index is 11.8. The molecule has 0 aliphatic carbocycles. The lowest BCUT2D eigenvalue weighted by atomic mass is 10.2. The number of halogens is 3. The van der Waals surface area contributed by atoms with Crippen LogP contribution in [-0.2, 0) is 4.79 Å². The second-order valence-electron chi connectivity index (χ2n) is 3.98. The Balaban J connectivity index is 3.27. The molecule has 17 heavy (non-hydrogen) atoms. The Morgan fingerprint density at radius 3 is 2.35 bits per heavy atom. The van der Waals surface area contributed by atoms with Crippen molar-refractivity contribution < 1.29 is 18.0 Å². The largest absolute Gasteiger partial charge is 0.471 e. The molecule has 0 aromatic rings. The molecular formula is C10H20F3N3O. The van der Waals surface area contributed by atoms with Crippen molar-refractivity contribution in [2.75, 3.05) is 19.6 Å². The monoisotopic (exact) mass is 255 g/mol. The number of amides is 1. The van der Waals surface area contributed by atoms with Gasteiger partial charge in [0, 0.05) is 12.6 Å². The Labute approximate surface area is 99.1 Å². The highest BCUT2D eigenvalue weighted by molar-refractivity contribution is 5.81. The molecule has 0 rings (SSSR count). The van der Waals surface area contributed by atoms with Gasteiger partial charge in [0.25, 0.3) is 0 Å². The predicted molar refractivity (Wildman–Crippen MR) is 59.4 cm³/mol. The first-order valence-corrected chi connectivity index (χ1v) is 5.65. The van der Waals surface area contributed by atoms with Crippen LogP contribution in [-0.4, -0.2) is 37.8 Å². The normalized spacial score (nSPS) is 13.5. The number of carbonyl (C=O) groups is 1. The summed E-state index contributed by atoms with van der Waals surface area (Å²) < 4.78 is 35.3. The van der Waals surface area contributed by atoms with E-state index >= 15 is 0 Å². The molecule has 0 heterocycles. The molecule has 0 saturated carbocycles. The fourth-order valence-corrected chi connectivity index (χ4v) is 1.13. The van der Waals surface area contributed by atoms with Gasteiger partial charge in [-0.15, -0.1) is 0 Å². The summed E-state index contributed by atoms with van der Waals surface area (Å²) in [6, 6.07) is 0.147. The van der Waals surface area contributed by atoms with Crippen molar-refractivity contribution in [1.29, 1.82) is 0 Å². The molecule has 0 spiro atoms. The van der Waals surface area contributed by atoms with Gasteiger partial charge in [0.2, 0.25) is 0 Å². The van der Waals surface area contributed by atoms with E-state index in [1.807, 2.05) is 12.2 Å². The van der Waals surface area contributed by atoms with Crippen LogP contribution in [0.4, 0.5) is 13.2 Å². The predicted octanol–water partition coefficient (Wildman–Crippen LogP) is 0.772. The number of hydrogen-bond donors (Lipinski definition) is 3. The van der Waals surface area contributed by atoms with Crippen LogP contribution in [0.5, 0.6) is 0 Å². The molecule has 1 atom stereocenters. The van der Waals surface area contributed by atoms with E-state index in [0.29, 0.717) is 13.0 Å². The maximum Gasteiger partial charge on any atom is 0.471 e. The Morgan fingerprint density at radius 1 is 1.24 bits per heavy atom. The molecule has 0 aliphatic heterocycles. The van der Waals surface area contributed by atoms with Crippen molar-refractivity contribution in [2.45, 2.75) is 38.4 Å². The SMILES string of the molecule is CC(N)CCNCCCCNC(=O)C(F)(F)F. The number of unbranched alkanes of at least 4 members (excludes halogenated alkanes) is 1. The summed E-state index contributed by atoms with van der Waals surface area (Å²) in [6.07, 6.45) is -2.68. The van der Waals surface area contributed by atoms with E-state index in [1.165, 1.54) is 0 Å². The van der Waals surface area contributed by atoms with E-state index in [4.69, 9.17) is 5.73 Å². The summed E-state index contributed by atoms with van der Waals surface area (Å²) in [5, 5.41) is 4.94. The number of nitrogens with one attached hydrogen (secondary N) is 2. The highest BCUT2D eigenvalue weighted by atomic mass is 19.4. The van der Waals surface area contributed by atoms with Gasteiger partial charge >= 0.3 is 12.1 Å². The molecule has 0 fully saturated rings. The van der Waals surface area contributed by atoms with Crippen molar-refractivity contribution in [3.05, 3.63) is 0 Å².